The Bertz CT molecular complexity index is 210. The second kappa shape index (κ2) is 6.72. The first-order valence-electron chi connectivity index (χ1n) is 7.33. The smallest absolute Gasteiger partial charge is 0.0620 e. The summed E-state index contributed by atoms with van der Waals surface area (Å²) < 4.78 is 5.50. The Morgan fingerprint density at radius 2 is 2.06 bits per heavy atom. The molecule has 2 fully saturated rings. The molecule has 17 heavy (non-hydrogen) atoms. The van der Waals surface area contributed by atoms with Crippen LogP contribution in [0.5, 0.6) is 0 Å². The van der Waals surface area contributed by atoms with Crippen LogP contribution in [0.15, 0.2) is 0 Å². The summed E-state index contributed by atoms with van der Waals surface area (Å²) in [6.07, 6.45) is 6.89. The van der Waals surface area contributed by atoms with E-state index in [9.17, 15) is 0 Å². The van der Waals surface area contributed by atoms with Crippen molar-refractivity contribution >= 4 is 0 Å². The van der Waals surface area contributed by atoms with Gasteiger partial charge in [0.25, 0.3) is 0 Å². The summed E-state index contributed by atoms with van der Waals surface area (Å²) in [6.45, 7) is 7.43. The Hall–Kier alpha value is -0.120. The van der Waals surface area contributed by atoms with Crippen LogP contribution in [0.2, 0.25) is 0 Å². The summed E-state index contributed by atoms with van der Waals surface area (Å²) in [4.78, 5) is 0. The van der Waals surface area contributed by atoms with E-state index in [-0.39, 0.29) is 0 Å². The SMILES string of the molecule is CC(CC1COCCN1)N[C@@H](C)C1CCCC1. The van der Waals surface area contributed by atoms with Crippen molar-refractivity contribution in [3.05, 3.63) is 0 Å². The van der Waals surface area contributed by atoms with Crippen molar-refractivity contribution in [1.82, 2.24) is 10.6 Å². The number of hydrogen-bond acceptors (Lipinski definition) is 3. The molecule has 100 valence electrons. The van der Waals surface area contributed by atoms with Gasteiger partial charge in [-0.05, 0) is 39.0 Å². The van der Waals surface area contributed by atoms with Crippen molar-refractivity contribution in [3.63, 3.8) is 0 Å². The van der Waals surface area contributed by atoms with Gasteiger partial charge < -0.3 is 15.4 Å². The van der Waals surface area contributed by atoms with Crippen LogP contribution in [0.1, 0.15) is 46.0 Å². The zero-order valence-electron chi connectivity index (χ0n) is 11.4. The molecule has 1 aliphatic carbocycles. The summed E-state index contributed by atoms with van der Waals surface area (Å²) in [5.74, 6) is 0.910. The Labute approximate surface area is 106 Å². The average molecular weight is 240 g/mol. The highest BCUT2D eigenvalue weighted by Gasteiger charge is 2.23. The van der Waals surface area contributed by atoms with Crippen LogP contribution < -0.4 is 10.6 Å². The lowest BCUT2D eigenvalue weighted by molar-refractivity contribution is 0.0705. The maximum absolute atomic E-state index is 5.50. The fraction of sp³-hybridized carbons (Fsp3) is 1.00. The Morgan fingerprint density at radius 3 is 2.71 bits per heavy atom. The van der Waals surface area contributed by atoms with E-state index in [1.54, 1.807) is 0 Å². The van der Waals surface area contributed by atoms with E-state index in [0.717, 1.165) is 25.7 Å². The van der Waals surface area contributed by atoms with Gasteiger partial charge in [-0.1, -0.05) is 12.8 Å². The molecule has 0 amide bonds. The normalized spacial score (nSPS) is 30.4. The molecule has 0 radical (unpaired) electrons. The van der Waals surface area contributed by atoms with Crippen molar-refractivity contribution in [2.45, 2.75) is 64.1 Å². The third-order valence-electron chi connectivity index (χ3n) is 4.29. The van der Waals surface area contributed by atoms with Gasteiger partial charge in [-0.25, -0.2) is 0 Å². The lowest BCUT2D eigenvalue weighted by Gasteiger charge is -2.30. The highest BCUT2D eigenvalue weighted by atomic mass is 16.5. The average Bonchev–Trinajstić information content (AvgIpc) is 2.83. The zero-order valence-corrected chi connectivity index (χ0v) is 11.4. The maximum Gasteiger partial charge on any atom is 0.0620 e. The molecule has 3 atom stereocenters. The summed E-state index contributed by atoms with van der Waals surface area (Å²) in [5.41, 5.74) is 0. The van der Waals surface area contributed by atoms with Crippen molar-refractivity contribution in [2.75, 3.05) is 19.8 Å². The Balaban J connectivity index is 1.66. The van der Waals surface area contributed by atoms with Gasteiger partial charge >= 0.3 is 0 Å². The van der Waals surface area contributed by atoms with Crippen LogP contribution in [0.3, 0.4) is 0 Å². The van der Waals surface area contributed by atoms with Crippen LogP contribution in [0.25, 0.3) is 0 Å². The predicted molar refractivity (Wildman–Crippen MR) is 71.2 cm³/mol. The molecule has 2 N–H and O–H groups in total. The maximum atomic E-state index is 5.50. The molecule has 0 aromatic heterocycles. The Kier molecular flexibility index (Phi) is 5.26. The molecule has 0 spiro atoms. The van der Waals surface area contributed by atoms with E-state index < -0.39 is 0 Å². The van der Waals surface area contributed by atoms with E-state index in [2.05, 4.69) is 24.5 Å². The van der Waals surface area contributed by atoms with Crippen molar-refractivity contribution in [2.24, 2.45) is 5.92 Å². The Morgan fingerprint density at radius 1 is 1.29 bits per heavy atom. The first kappa shape index (κ1) is 13.3. The van der Waals surface area contributed by atoms with Gasteiger partial charge in [-0.2, -0.15) is 0 Å². The first-order valence-corrected chi connectivity index (χ1v) is 7.33. The largest absolute Gasteiger partial charge is 0.379 e. The second-order valence-electron chi connectivity index (χ2n) is 5.86. The van der Waals surface area contributed by atoms with E-state index in [1.807, 2.05) is 0 Å². The van der Waals surface area contributed by atoms with E-state index >= 15 is 0 Å². The number of hydrogen-bond donors (Lipinski definition) is 2. The predicted octanol–water partition coefficient (Wildman–Crippen LogP) is 1.92. The summed E-state index contributed by atoms with van der Waals surface area (Å²) >= 11 is 0. The molecule has 2 rings (SSSR count). The van der Waals surface area contributed by atoms with Gasteiger partial charge in [0.2, 0.25) is 0 Å². The topological polar surface area (TPSA) is 33.3 Å². The number of morpholine rings is 1. The lowest BCUT2D eigenvalue weighted by atomic mass is 9.98. The standard InChI is InChI=1S/C14H28N2O/c1-11(9-14-10-17-8-7-15-14)16-12(2)13-5-3-4-6-13/h11-16H,3-10H2,1-2H3/t11?,12-,14?/m0/s1. The number of ether oxygens (including phenoxy) is 1. The molecular weight excluding hydrogens is 212 g/mol. The lowest BCUT2D eigenvalue weighted by Crippen LogP contribution is -2.47. The van der Waals surface area contributed by atoms with E-state index in [4.69, 9.17) is 4.74 Å². The van der Waals surface area contributed by atoms with Gasteiger partial charge in [0, 0.05) is 24.7 Å². The van der Waals surface area contributed by atoms with Crippen LogP contribution >= 0.6 is 0 Å². The molecule has 0 aromatic carbocycles. The van der Waals surface area contributed by atoms with Gasteiger partial charge in [0.05, 0.1) is 13.2 Å². The molecule has 1 heterocycles. The number of rotatable bonds is 5. The molecular formula is C14H28N2O. The summed E-state index contributed by atoms with van der Waals surface area (Å²) in [5, 5.41) is 7.30. The number of nitrogens with one attached hydrogen (secondary N) is 2. The van der Waals surface area contributed by atoms with Crippen molar-refractivity contribution in [1.29, 1.82) is 0 Å². The zero-order chi connectivity index (χ0) is 12.1. The minimum Gasteiger partial charge on any atom is -0.379 e. The quantitative estimate of drug-likeness (QED) is 0.770. The molecule has 2 aliphatic rings. The third-order valence-corrected chi connectivity index (χ3v) is 4.29. The van der Waals surface area contributed by atoms with Gasteiger partial charge in [-0.15, -0.1) is 0 Å². The van der Waals surface area contributed by atoms with Crippen LogP contribution in [0, 0.1) is 5.92 Å². The van der Waals surface area contributed by atoms with E-state index in [0.29, 0.717) is 18.1 Å². The highest BCUT2D eigenvalue weighted by molar-refractivity contribution is 4.82. The fourth-order valence-electron chi connectivity index (χ4n) is 3.31. The van der Waals surface area contributed by atoms with Crippen LogP contribution in [-0.4, -0.2) is 37.9 Å². The van der Waals surface area contributed by atoms with E-state index in [1.165, 1.54) is 32.1 Å². The molecule has 1 saturated carbocycles. The van der Waals surface area contributed by atoms with Gasteiger partial charge in [-0.3, -0.25) is 0 Å². The summed E-state index contributed by atoms with van der Waals surface area (Å²) in [6, 6.07) is 1.81. The second-order valence-corrected chi connectivity index (χ2v) is 5.86. The third kappa shape index (κ3) is 4.23. The van der Waals surface area contributed by atoms with Crippen LogP contribution in [0.4, 0.5) is 0 Å². The van der Waals surface area contributed by atoms with Gasteiger partial charge in [0.15, 0.2) is 0 Å². The first-order chi connectivity index (χ1) is 8.25. The molecule has 3 heteroatoms. The fourth-order valence-corrected chi connectivity index (χ4v) is 3.31. The van der Waals surface area contributed by atoms with Gasteiger partial charge in [0.1, 0.15) is 0 Å². The monoisotopic (exact) mass is 240 g/mol. The molecule has 3 nitrogen and oxygen atoms in total. The molecule has 1 saturated heterocycles. The molecule has 2 unspecified atom stereocenters. The molecule has 0 bridgehead atoms. The van der Waals surface area contributed by atoms with Crippen LogP contribution in [-0.2, 0) is 4.74 Å². The molecule has 0 aromatic rings. The minimum atomic E-state index is 0.544. The van der Waals surface area contributed by atoms with Crippen molar-refractivity contribution in [3.8, 4) is 0 Å². The van der Waals surface area contributed by atoms with Crippen molar-refractivity contribution < 1.29 is 4.74 Å². The molecule has 1 aliphatic heterocycles. The highest BCUT2D eigenvalue weighted by Crippen LogP contribution is 2.27. The summed E-state index contributed by atoms with van der Waals surface area (Å²) in [7, 11) is 0. The minimum absolute atomic E-state index is 0.544.